The summed E-state index contributed by atoms with van der Waals surface area (Å²) in [7, 11) is -3.00. The Labute approximate surface area is 190 Å². The van der Waals surface area contributed by atoms with Crippen molar-refractivity contribution in [1.29, 1.82) is 0 Å². The van der Waals surface area contributed by atoms with Crippen LogP contribution in [0.15, 0.2) is 0 Å². The Hall–Kier alpha value is -0.746. The number of aliphatic hydroxyl groups excluding tert-OH is 1. The van der Waals surface area contributed by atoms with Crippen LogP contribution in [0.2, 0.25) is 36.3 Å². The molecule has 2 aliphatic rings. The molecular weight excluding hydrogens is 430 g/mol. The molecule has 7 nitrogen and oxygen atoms in total. The van der Waals surface area contributed by atoms with Gasteiger partial charge in [-0.3, -0.25) is 9.59 Å². The van der Waals surface area contributed by atoms with E-state index in [1.54, 1.807) is 4.90 Å². The average Bonchev–Trinajstić information content (AvgIpc) is 2.83. The van der Waals surface area contributed by atoms with Gasteiger partial charge in [-0.05, 0) is 36.3 Å². The summed E-state index contributed by atoms with van der Waals surface area (Å²) in [4.78, 5) is 27.1. The van der Waals surface area contributed by atoms with Gasteiger partial charge in [-0.2, -0.15) is 0 Å². The van der Waals surface area contributed by atoms with E-state index in [-0.39, 0.29) is 16.2 Å². The van der Waals surface area contributed by atoms with Gasteiger partial charge in [0, 0.05) is 13.0 Å². The quantitative estimate of drug-likeness (QED) is 0.486. The fraction of sp³-hybridized carbons (Fsp3) is 0.909. The summed E-state index contributed by atoms with van der Waals surface area (Å²) in [5, 5.41) is 10.6. The molecule has 1 N–H and O–H groups in total. The van der Waals surface area contributed by atoms with Crippen LogP contribution in [0, 0.1) is 5.92 Å². The van der Waals surface area contributed by atoms with E-state index in [4.69, 9.17) is 13.6 Å². The Morgan fingerprint density at radius 1 is 1.00 bits per heavy atom. The number of hydrogen-bond acceptors (Lipinski definition) is 6. The van der Waals surface area contributed by atoms with Gasteiger partial charge in [-0.25, -0.2) is 0 Å². The third-order valence-electron chi connectivity index (χ3n) is 7.87. The Balaban J connectivity index is 2.43. The van der Waals surface area contributed by atoms with Crippen molar-refractivity contribution < 1.29 is 28.3 Å². The number of carbonyl (C=O) groups excluding carboxylic acids is 2. The van der Waals surface area contributed by atoms with E-state index in [1.165, 1.54) is 7.11 Å². The minimum atomic E-state index is -2.21. The average molecular weight is 474 g/mol. The number of carbonyl (C=O) groups is 2. The van der Waals surface area contributed by atoms with Gasteiger partial charge in [0.25, 0.3) is 5.91 Å². The van der Waals surface area contributed by atoms with Gasteiger partial charge in [0.05, 0.1) is 25.4 Å². The van der Waals surface area contributed by atoms with Crippen LogP contribution < -0.4 is 0 Å². The first-order chi connectivity index (χ1) is 13.8. The highest BCUT2D eigenvalue weighted by molar-refractivity contribution is 6.74. The van der Waals surface area contributed by atoms with Crippen LogP contribution in [0.25, 0.3) is 0 Å². The standard InChI is InChI=1S/C22H43NO6Si2/c1-21(2,3)30(8,9)28-14-12-15(29-31(10,11)22(4,5)6)17-16(20(26)27-7)18(24)19(25)23(17)13-14/h14-18,24H,12-13H2,1-11H3/t14-,15-,16-,17-,18+/m1/s1. The highest BCUT2D eigenvalue weighted by Gasteiger charge is 2.59. The number of hydrogen-bond donors (Lipinski definition) is 1. The highest BCUT2D eigenvalue weighted by Crippen LogP contribution is 2.44. The van der Waals surface area contributed by atoms with Gasteiger partial charge >= 0.3 is 5.97 Å². The molecule has 2 fully saturated rings. The number of nitrogens with zero attached hydrogens (tertiary/aromatic N) is 1. The molecule has 2 aliphatic heterocycles. The summed E-state index contributed by atoms with van der Waals surface area (Å²) in [5.41, 5.74) is 0. The lowest BCUT2D eigenvalue weighted by Crippen LogP contribution is -2.60. The summed E-state index contributed by atoms with van der Waals surface area (Å²) in [5.74, 6) is -1.95. The lowest BCUT2D eigenvalue weighted by atomic mass is 9.89. The summed E-state index contributed by atoms with van der Waals surface area (Å²) in [6, 6.07) is -0.539. The second-order valence-electron chi connectivity index (χ2n) is 12.1. The molecule has 180 valence electrons. The van der Waals surface area contributed by atoms with Gasteiger partial charge < -0.3 is 23.6 Å². The molecule has 2 heterocycles. The number of fused-ring (bicyclic) bond motifs is 1. The van der Waals surface area contributed by atoms with Gasteiger partial charge in [0.1, 0.15) is 12.0 Å². The lowest BCUT2D eigenvalue weighted by molar-refractivity contribution is -0.152. The van der Waals surface area contributed by atoms with Crippen molar-refractivity contribution in [3.05, 3.63) is 0 Å². The van der Waals surface area contributed by atoms with E-state index in [2.05, 4.69) is 67.7 Å². The maximum absolute atomic E-state index is 13.0. The SMILES string of the molecule is COC(=O)[C@@H]1[C@H]2[C@H](O[Si](C)(C)C(C)(C)C)C[C@@H](O[Si](C)(C)C(C)(C)C)CN2C(=O)[C@H]1O. The molecular formula is C22H43NO6Si2. The van der Waals surface area contributed by atoms with E-state index in [9.17, 15) is 14.7 Å². The van der Waals surface area contributed by atoms with Crippen LogP contribution in [-0.4, -0.2) is 76.5 Å². The molecule has 0 aromatic carbocycles. The predicted octanol–water partition coefficient (Wildman–Crippen LogP) is 3.53. The first kappa shape index (κ1) is 26.5. The molecule has 0 radical (unpaired) electrons. The lowest BCUT2D eigenvalue weighted by Gasteiger charge is -2.49. The fourth-order valence-electron chi connectivity index (χ4n) is 3.94. The number of rotatable bonds is 5. The Bertz CT molecular complexity index is 697. The van der Waals surface area contributed by atoms with Crippen LogP contribution in [0.1, 0.15) is 48.0 Å². The Morgan fingerprint density at radius 3 is 1.94 bits per heavy atom. The zero-order valence-electron chi connectivity index (χ0n) is 21.2. The number of esters is 1. The zero-order valence-corrected chi connectivity index (χ0v) is 23.2. The molecule has 0 bridgehead atoms. The molecule has 2 saturated heterocycles. The Morgan fingerprint density at radius 2 is 1.48 bits per heavy atom. The molecule has 31 heavy (non-hydrogen) atoms. The van der Waals surface area contributed by atoms with Crippen LogP contribution >= 0.6 is 0 Å². The van der Waals surface area contributed by atoms with Gasteiger partial charge in [-0.15, -0.1) is 0 Å². The topological polar surface area (TPSA) is 85.3 Å². The molecule has 0 aromatic heterocycles. The minimum Gasteiger partial charge on any atom is -0.469 e. The maximum Gasteiger partial charge on any atom is 0.314 e. The molecule has 0 spiro atoms. The molecule has 0 aliphatic carbocycles. The summed E-state index contributed by atoms with van der Waals surface area (Å²) in [6.45, 7) is 22.1. The van der Waals surface area contributed by atoms with Crippen LogP contribution in [0.3, 0.4) is 0 Å². The van der Waals surface area contributed by atoms with E-state index in [1.807, 2.05) is 0 Å². The normalized spacial score (nSPS) is 30.4. The second-order valence-corrected chi connectivity index (χ2v) is 21.6. The highest BCUT2D eigenvalue weighted by atomic mass is 28.4. The van der Waals surface area contributed by atoms with Crippen LogP contribution in [0.5, 0.6) is 0 Å². The van der Waals surface area contributed by atoms with Crippen molar-refractivity contribution in [3.63, 3.8) is 0 Å². The molecule has 1 amide bonds. The third-order valence-corrected chi connectivity index (χ3v) is 16.9. The first-order valence-electron chi connectivity index (χ1n) is 11.3. The molecule has 0 saturated carbocycles. The fourth-order valence-corrected chi connectivity index (χ4v) is 6.65. The maximum atomic E-state index is 13.0. The molecule has 2 rings (SSSR count). The number of aliphatic hydroxyl groups is 1. The van der Waals surface area contributed by atoms with Gasteiger partial charge in [0.15, 0.2) is 16.6 Å². The van der Waals surface area contributed by atoms with Crippen molar-refractivity contribution in [2.24, 2.45) is 5.92 Å². The predicted molar refractivity (Wildman–Crippen MR) is 126 cm³/mol. The van der Waals surface area contributed by atoms with Crippen molar-refractivity contribution in [1.82, 2.24) is 4.90 Å². The summed E-state index contributed by atoms with van der Waals surface area (Å²) in [6.07, 6.45) is -1.41. The van der Waals surface area contributed by atoms with Crippen molar-refractivity contribution in [2.45, 2.75) is 109 Å². The van der Waals surface area contributed by atoms with Crippen molar-refractivity contribution in [2.75, 3.05) is 13.7 Å². The summed E-state index contributed by atoms with van der Waals surface area (Å²) >= 11 is 0. The molecule has 0 aromatic rings. The number of amides is 1. The number of methoxy groups -OCH3 is 1. The molecule has 9 heteroatoms. The van der Waals surface area contributed by atoms with Gasteiger partial charge in [-0.1, -0.05) is 41.5 Å². The van der Waals surface area contributed by atoms with E-state index in [0.29, 0.717) is 13.0 Å². The van der Waals surface area contributed by atoms with E-state index >= 15 is 0 Å². The monoisotopic (exact) mass is 473 g/mol. The van der Waals surface area contributed by atoms with E-state index in [0.717, 1.165) is 0 Å². The van der Waals surface area contributed by atoms with Crippen molar-refractivity contribution in [3.8, 4) is 0 Å². The second kappa shape index (κ2) is 8.55. The van der Waals surface area contributed by atoms with E-state index < -0.39 is 52.7 Å². The number of piperidine rings is 1. The zero-order chi connectivity index (χ0) is 24.2. The molecule has 5 atom stereocenters. The number of ether oxygens (including phenoxy) is 1. The minimum absolute atomic E-state index is 0.0305. The molecule has 0 unspecified atom stereocenters. The smallest absolute Gasteiger partial charge is 0.314 e. The van der Waals surface area contributed by atoms with Crippen LogP contribution in [-0.2, 0) is 23.2 Å². The van der Waals surface area contributed by atoms with Crippen molar-refractivity contribution >= 4 is 28.5 Å². The largest absolute Gasteiger partial charge is 0.469 e. The third kappa shape index (κ3) is 5.10. The first-order valence-corrected chi connectivity index (χ1v) is 17.1. The van der Waals surface area contributed by atoms with Gasteiger partial charge in [0.2, 0.25) is 0 Å². The summed E-state index contributed by atoms with van der Waals surface area (Å²) < 4.78 is 18.4. The Kier molecular flexibility index (Phi) is 7.31. The van der Waals surface area contributed by atoms with Crippen LogP contribution in [0.4, 0.5) is 0 Å².